The van der Waals surface area contributed by atoms with Gasteiger partial charge in [-0.15, -0.1) is 0 Å². The Balaban J connectivity index is 2.54. The van der Waals surface area contributed by atoms with E-state index in [-0.39, 0.29) is 16.9 Å². The van der Waals surface area contributed by atoms with E-state index < -0.39 is 14.8 Å². The van der Waals surface area contributed by atoms with Crippen molar-refractivity contribution in [2.75, 3.05) is 34.2 Å². The van der Waals surface area contributed by atoms with Crippen molar-refractivity contribution >= 4 is 25.6 Å². The summed E-state index contributed by atoms with van der Waals surface area (Å²) in [6.07, 6.45) is 1.49. The monoisotopic (exact) mass is 361 g/mol. The molecule has 0 saturated heterocycles. The Hall–Kier alpha value is -2.64. The summed E-state index contributed by atoms with van der Waals surface area (Å²) in [5, 5.41) is 9.92. The van der Waals surface area contributed by atoms with Crippen molar-refractivity contribution in [1.82, 2.24) is 4.57 Å². The molecule has 132 valence electrons. The second-order valence-corrected chi connectivity index (χ2v) is 7.91. The molecule has 9 heteroatoms. The quantitative estimate of drug-likeness (QED) is 0.599. The van der Waals surface area contributed by atoms with Crippen molar-refractivity contribution in [2.24, 2.45) is 0 Å². The molecule has 0 aliphatic rings. The van der Waals surface area contributed by atoms with Gasteiger partial charge in [-0.25, -0.2) is 4.79 Å². The minimum atomic E-state index is -2.95. The maximum absolute atomic E-state index is 12.0. The van der Waals surface area contributed by atoms with Crippen LogP contribution in [0.1, 0.15) is 16.1 Å². The molecule has 0 radical (unpaired) electrons. The van der Waals surface area contributed by atoms with Gasteiger partial charge in [0.1, 0.15) is 6.07 Å². The third-order valence-corrected chi connectivity index (χ3v) is 6.50. The molecule has 8 nitrogen and oxygen atoms in total. The van der Waals surface area contributed by atoms with Crippen molar-refractivity contribution in [1.29, 1.82) is 5.26 Å². The first-order valence-electron chi connectivity index (χ1n) is 7.23. The highest BCUT2D eigenvalue weighted by molar-refractivity contribution is 6.75. The Morgan fingerprint density at radius 2 is 1.68 bits per heavy atom. The molecular formula is C16H19N3O5Si. The van der Waals surface area contributed by atoms with Gasteiger partial charge in [-0.05, 0) is 12.1 Å². The van der Waals surface area contributed by atoms with E-state index in [9.17, 15) is 4.79 Å². The fourth-order valence-electron chi connectivity index (χ4n) is 2.55. The van der Waals surface area contributed by atoms with Crippen molar-refractivity contribution < 1.29 is 22.8 Å². The van der Waals surface area contributed by atoms with E-state index in [4.69, 9.17) is 29.0 Å². The van der Waals surface area contributed by atoms with Crippen LogP contribution in [-0.2, 0) is 18.0 Å². The number of carbonyl (C=O) groups excluding carboxylic acids is 1. The first-order valence-corrected chi connectivity index (χ1v) is 8.96. The average Bonchev–Trinajstić information content (AvgIpc) is 3.00. The topological polar surface area (TPSA) is 109 Å². The van der Waals surface area contributed by atoms with E-state index in [0.717, 1.165) is 5.19 Å². The van der Waals surface area contributed by atoms with Crippen LogP contribution in [0.2, 0.25) is 0 Å². The molecule has 0 aliphatic heterocycles. The molecule has 0 saturated carbocycles. The third-order valence-electron chi connectivity index (χ3n) is 3.85. The van der Waals surface area contributed by atoms with Crippen LogP contribution in [0, 0.1) is 11.3 Å². The Labute approximate surface area is 146 Å². The normalized spacial score (nSPS) is 11.2. The second kappa shape index (κ2) is 7.50. The van der Waals surface area contributed by atoms with Crippen LogP contribution in [0.15, 0.2) is 30.5 Å². The molecule has 25 heavy (non-hydrogen) atoms. The van der Waals surface area contributed by atoms with Gasteiger partial charge in [0.25, 0.3) is 0 Å². The van der Waals surface area contributed by atoms with Gasteiger partial charge in [-0.1, -0.05) is 12.1 Å². The van der Waals surface area contributed by atoms with Gasteiger partial charge in [0, 0.05) is 38.4 Å². The summed E-state index contributed by atoms with van der Waals surface area (Å²) in [5.74, 6) is -0.627. The molecule has 2 N–H and O–H groups in total. The van der Waals surface area contributed by atoms with Crippen LogP contribution >= 0.6 is 0 Å². The largest absolute Gasteiger partial charge is 0.536 e. The zero-order valence-corrected chi connectivity index (χ0v) is 15.4. The van der Waals surface area contributed by atoms with Crippen LogP contribution in [0.4, 0.5) is 5.69 Å². The number of benzene rings is 1. The van der Waals surface area contributed by atoms with Crippen LogP contribution in [0.5, 0.6) is 0 Å². The number of hydrogen-bond donors (Lipinski definition) is 1. The first-order chi connectivity index (χ1) is 12.0. The molecule has 1 aromatic heterocycles. The summed E-state index contributed by atoms with van der Waals surface area (Å²) in [6, 6.07) is 9.02. The van der Waals surface area contributed by atoms with E-state index >= 15 is 0 Å². The summed E-state index contributed by atoms with van der Waals surface area (Å²) in [7, 11) is 2.87. The van der Waals surface area contributed by atoms with Crippen LogP contribution in [-0.4, -0.2) is 47.8 Å². The highest BCUT2D eigenvalue weighted by Crippen LogP contribution is 2.24. The molecule has 2 aromatic rings. The zero-order chi connectivity index (χ0) is 18.6. The van der Waals surface area contributed by atoms with Crippen LogP contribution in [0.3, 0.4) is 0 Å². The number of carbonyl (C=O) groups is 1. The smallest absolute Gasteiger partial charge is 0.464 e. The lowest BCUT2D eigenvalue weighted by molar-refractivity contribution is 0.0593. The Bertz CT molecular complexity index is 798. The lowest BCUT2D eigenvalue weighted by atomic mass is 10.2. The highest BCUT2D eigenvalue weighted by atomic mass is 28.4. The van der Waals surface area contributed by atoms with Crippen LogP contribution in [0.25, 0.3) is 5.69 Å². The minimum Gasteiger partial charge on any atom is -0.464 e. The van der Waals surface area contributed by atoms with Gasteiger partial charge in [0.05, 0.1) is 18.4 Å². The van der Waals surface area contributed by atoms with E-state index in [1.165, 1.54) is 39.2 Å². The predicted octanol–water partition coefficient (Wildman–Crippen LogP) is 0.803. The number of ether oxygens (including phenoxy) is 1. The molecular weight excluding hydrogens is 342 g/mol. The van der Waals surface area contributed by atoms with Gasteiger partial charge in [-0.3, -0.25) is 0 Å². The Morgan fingerprint density at radius 3 is 2.12 bits per heavy atom. The lowest BCUT2D eigenvalue weighted by Crippen LogP contribution is -2.54. The lowest BCUT2D eigenvalue weighted by Gasteiger charge is -2.24. The summed E-state index contributed by atoms with van der Waals surface area (Å²) in [6.45, 7) is 0. The third kappa shape index (κ3) is 3.16. The van der Waals surface area contributed by atoms with Crippen molar-refractivity contribution in [3.8, 4) is 11.8 Å². The number of esters is 1. The fraction of sp³-hybridized carbons (Fsp3) is 0.250. The first kappa shape index (κ1) is 18.7. The number of anilines is 1. The number of rotatable bonds is 6. The summed E-state index contributed by atoms with van der Waals surface area (Å²) in [5.41, 5.74) is 6.89. The Kier molecular flexibility index (Phi) is 5.61. The van der Waals surface area contributed by atoms with Gasteiger partial charge < -0.3 is 28.3 Å². The van der Waals surface area contributed by atoms with Gasteiger partial charge >= 0.3 is 14.8 Å². The number of nitrogens with zero attached hydrogens (tertiary/aromatic N) is 2. The number of nitriles is 1. The molecule has 1 heterocycles. The van der Waals surface area contributed by atoms with E-state index in [0.29, 0.717) is 5.69 Å². The van der Waals surface area contributed by atoms with Crippen molar-refractivity contribution in [3.63, 3.8) is 0 Å². The SMILES string of the molecule is COC(=O)c1c(N)c(C#N)cn1-c1ccc([Si](OC)(OC)OC)cc1. The molecule has 2 rings (SSSR count). The van der Waals surface area contributed by atoms with Gasteiger partial charge in [-0.2, -0.15) is 5.26 Å². The summed E-state index contributed by atoms with van der Waals surface area (Å²) < 4.78 is 22.6. The van der Waals surface area contributed by atoms with Gasteiger partial charge in [0.15, 0.2) is 5.69 Å². The molecule has 0 amide bonds. The Morgan fingerprint density at radius 1 is 1.12 bits per heavy atom. The standard InChI is InChI=1S/C16H19N3O5Si/c1-21-16(20)15-14(18)11(9-17)10-19(15)12-5-7-13(8-6-12)25(22-2,23-3)24-4/h5-8,10H,18H2,1-4H3. The predicted molar refractivity (Wildman–Crippen MR) is 92.7 cm³/mol. The maximum atomic E-state index is 12.0. The molecule has 0 unspecified atom stereocenters. The molecule has 0 atom stereocenters. The zero-order valence-electron chi connectivity index (χ0n) is 14.4. The van der Waals surface area contributed by atoms with Gasteiger partial charge in [0.2, 0.25) is 0 Å². The number of aromatic nitrogens is 1. The van der Waals surface area contributed by atoms with E-state index in [2.05, 4.69) is 0 Å². The van der Waals surface area contributed by atoms with E-state index in [1.54, 1.807) is 24.3 Å². The fourth-order valence-corrected chi connectivity index (χ4v) is 4.33. The second-order valence-electron chi connectivity index (χ2n) is 4.99. The van der Waals surface area contributed by atoms with Crippen molar-refractivity contribution in [3.05, 3.63) is 41.7 Å². The molecule has 0 spiro atoms. The molecule has 1 aromatic carbocycles. The maximum Gasteiger partial charge on any atom is 0.536 e. The number of nitrogen functional groups attached to an aromatic ring is 1. The minimum absolute atomic E-state index is 0.0767. The number of nitrogens with two attached hydrogens (primary N) is 1. The average molecular weight is 361 g/mol. The van der Waals surface area contributed by atoms with Crippen molar-refractivity contribution in [2.45, 2.75) is 0 Å². The highest BCUT2D eigenvalue weighted by Gasteiger charge is 2.40. The number of hydrogen-bond acceptors (Lipinski definition) is 7. The number of methoxy groups -OCH3 is 1. The molecule has 0 bridgehead atoms. The molecule has 0 fully saturated rings. The summed E-state index contributed by atoms with van der Waals surface area (Å²) >= 11 is 0. The van der Waals surface area contributed by atoms with Crippen LogP contribution < -0.4 is 10.9 Å². The molecule has 0 aliphatic carbocycles. The summed E-state index contributed by atoms with van der Waals surface area (Å²) in [4.78, 5) is 12.0. The van der Waals surface area contributed by atoms with E-state index in [1.807, 2.05) is 6.07 Å².